The van der Waals surface area contributed by atoms with Crippen molar-refractivity contribution < 1.29 is 4.79 Å². The molecule has 3 N–H and O–H groups in total. The average molecular weight is 563 g/mol. The number of fused-ring (bicyclic) bond motifs is 1. The van der Waals surface area contributed by atoms with Crippen LogP contribution in [-0.4, -0.2) is 74.5 Å². The summed E-state index contributed by atoms with van der Waals surface area (Å²) < 4.78 is 0. The number of nitrogens with one attached hydrogen (secondary N) is 3. The fourth-order valence-corrected chi connectivity index (χ4v) is 4.47. The normalized spacial score (nSPS) is 19.2. The van der Waals surface area contributed by atoms with E-state index in [1.165, 1.54) is 11.1 Å². The molecule has 0 spiro atoms. The van der Waals surface area contributed by atoms with Crippen LogP contribution in [-0.2, 0) is 11.3 Å². The van der Waals surface area contributed by atoms with Gasteiger partial charge in [-0.25, -0.2) is 0 Å². The van der Waals surface area contributed by atoms with Gasteiger partial charge in [-0.05, 0) is 17.2 Å². The van der Waals surface area contributed by atoms with Gasteiger partial charge in [-0.3, -0.25) is 19.6 Å². The molecule has 1 fully saturated rings. The highest BCUT2D eigenvalue weighted by molar-refractivity contribution is 14.0. The molecule has 2 aliphatic rings. The van der Waals surface area contributed by atoms with Gasteiger partial charge in [0, 0.05) is 77.4 Å². The van der Waals surface area contributed by atoms with Crippen LogP contribution in [0.15, 0.2) is 59.6 Å². The Labute approximate surface area is 214 Å². The molecule has 8 heteroatoms. The lowest BCUT2D eigenvalue weighted by Crippen LogP contribution is -2.49. The van der Waals surface area contributed by atoms with Crippen molar-refractivity contribution >= 4 is 41.5 Å². The minimum absolute atomic E-state index is 0. The third kappa shape index (κ3) is 7.41. The highest BCUT2D eigenvalue weighted by Gasteiger charge is 2.24. The maximum absolute atomic E-state index is 12.0. The van der Waals surface area contributed by atoms with Gasteiger partial charge in [0.1, 0.15) is 0 Å². The summed E-state index contributed by atoms with van der Waals surface area (Å²) in [6.07, 6.45) is 0.494. The van der Waals surface area contributed by atoms with E-state index in [9.17, 15) is 4.79 Å². The number of aliphatic imine (C=N–C) groups is 1. The number of carbonyl (C=O) groups excluding carboxylic acids is 1. The molecule has 2 aliphatic heterocycles. The summed E-state index contributed by atoms with van der Waals surface area (Å²) in [4.78, 5) is 21.4. The van der Waals surface area contributed by atoms with E-state index in [-0.39, 0.29) is 35.8 Å². The predicted octanol–water partition coefficient (Wildman–Crippen LogP) is 2.71. The van der Waals surface area contributed by atoms with Crippen LogP contribution in [0.5, 0.6) is 0 Å². The minimum atomic E-state index is 0. The van der Waals surface area contributed by atoms with E-state index in [4.69, 9.17) is 0 Å². The fourth-order valence-electron chi connectivity index (χ4n) is 4.47. The van der Waals surface area contributed by atoms with Crippen molar-refractivity contribution in [2.75, 3.05) is 58.2 Å². The summed E-state index contributed by atoms with van der Waals surface area (Å²) in [5.74, 6) is 1.01. The lowest BCUT2D eigenvalue weighted by molar-refractivity contribution is -0.116. The second kappa shape index (κ2) is 12.9. The Morgan fingerprint density at radius 1 is 1.00 bits per heavy atom. The number of amides is 1. The summed E-state index contributed by atoms with van der Waals surface area (Å²) in [5.41, 5.74) is 3.49. The molecule has 2 aromatic carbocycles. The second-order valence-corrected chi connectivity index (χ2v) is 8.52. The number of anilines is 1. The Morgan fingerprint density at radius 3 is 2.45 bits per heavy atom. The number of benzene rings is 2. The molecule has 7 nitrogen and oxygen atoms in total. The minimum Gasteiger partial charge on any atom is -0.356 e. The number of hydrogen-bond acceptors (Lipinski definition) is 4. The van der Waals surface area contributed by atoms with Gasteiger partial charge in [-0.15, -0.1) is 24.0 Å². The highest BCUT2D eigenvalue weighted by atomic mass is 127. The lowest BCUT2D eigenvalue weighted by atomic mass is 9.90. The number of carbonyl (C=O) groups is 1. The van der Waals surface area contributed by atoms with Crippen LogP contribution in [0.1, 0.15) is 23.5 Å². The third-order valence-electron chi connectivity index (χ3n) is 6.28. The van der Waals surface area contributed by atoms with Crippen molar-refractivity contribution in [2.45, 2.75) is 18.9 Å². The van der Waals surface area contributed by atoms with Crippen molar-refractivity contribution in [1.82, 2.24) is 20.4 Å². The van der Waals surface area contributed by atoms with E-state index >= 15 is 0 Å². The van der Waals surface area contributed by atoms with Crippen molar-refractivity contribution in [1.29, 1.82) is 0 Å². The molecule has 1 atom stereocenters. The van der Waals surface area contributed by atoms with Gasteiger partial charge in [-0.2, -0.15) is 0 Å². The molecule has 2 aromatic rings. The fraction of sp³-hybridized carbons (Fsp3) is 0.440. The Balaban J connectivity index is 0.00000306. The SMILES string of the molecule is CN=C(NCCN1CCN(Cc2ccccc2)CC1)NCC1CC(=O)Nc2ccccc21.I. The molecule has 2 heterocycles. The number of piperazine rings is 1. The molecule has 1 saturated heterocycles. The third-order valence-corrected chi connectivity index (χ3v) is 6.28. The van der Waals surface area contributed by atoms with Crippen LogP contribution >= 0.6 is 24.0 Å². The van der Waals surface area contributed by atoms with Crippen molar-refractivity contribution in [3.05, 3.63) is 65.7 Å². The highest BCUT2D eigenvalue weighted by Crippen LogP contribution is 2.31. The molecule has 178 valence electrons. The topological polar surface area (TPSA) is 72.0 Å². The summed E-state index contributed by atoms with van der Waals surface area (Å²) >= 11 is 0. The standard InChI is InChI=1S/C25H34N6O.HI/c1-26-25(28-18-21-17-24(32)29-23-10-6-5-9-22(21)23)27-11-12-30-13-15-31(16-14-30)19-20-7-3-2-4-8-20;/h2-10,21H,11-19H2,1H3,(H,29,32)(H2,26,27,28);1H. The second-order valence-electron chi connectivity index (χ2n) is 8.52. The summed E-state index contributed by atoms with van der Waals surface area (Å²) in [7, 11) is 1.79. The van der Waals surface area contributed by atoms with E-state index in [0.29, 0.717) is 13.0 Å². The largest absolute Gasteiger partial charge is 0.356 e. The molecule has 0 bridgehead atoms. The van der Waals surface area contributed by atoms with Gasteiger partial charge in [0.15, 0.2) is 5.96 Å². The number of nitrogens with zero attached hydrogens (tertiary/aromatic N) is 3. The number of guanidine groups is 1. The molecular formula is C25H35IN6O. The van der Waals surface area contributed by atoms with Gasteiger partial charge in [0.05, 0.1) is 0 Å². The maximum atomic E-state index is 12.0. The van der Waals surface area contributed by atoms with Crippen LogP contribution in [0, 0.1) is 0 Å². The lowest BCUT2D eigenvalue weighted by Gasteiger charge is -2.34. The number of halogens is 1. The zero-order valence-electron chi connectivity index (χ0n) is 19.3. The summed E-state index contributed by atoms with van der Waals surface area (Å²) in [6, 6.07) is 18.7. The van der Waals surface area contributed by atoms with E-state index < -0.39 is 0 Å². The first kappa shape index (κ1) is 25.5. The van der Waals surface area contributed by atoms with Crippen LogP contribution in [0.4, 0.5) is 5.69 Å². The quantitative estimate of drug-likeness (QED) is 0.275. The predicted molar refractivity (Wildman–Crippen MR) is 145 cm³/mol. The van der Waals surface area contributed by atoms with Gasteiger partial charge >= 0.3 is 0 Å². The molecule has 1 unspecified atom stereocenters. The smallest absolute Gasteiger partial charge is 0.225 e. The van der Waals surface area contributed by atoms with Crippen LogP contribution < -0.4 is 16.0 Å². The Kier molecular flexibility index (Phi) is 9.95. The number of para-hydroxylation sites is 1. The number of hydrogen-bond donors (Lipinski definition) is 3. The zero-order chi connectivity index (χ0) is 22.2. The first-order valence-electron chi connectivity index (χ1n) is 11.5. The van der Waals surface area contributed by atoms with E-state index in [1.54, 1.807) is 7.05 Å². The maximum Gasteiger partial charge on any atom is 0.225 e. The Hall–Kier alpha value is -2.17. The van der Waals surface area contributed by atoms with E-state index in [2.05, 4.69) is 67.1 Å². The molecule has 0 radical (unpaired) electrons. The van der Waals surface area contributed by atoms with Gasteiger partial charge in [0.2, 0.25) is 5.91 Å². The van der Waals surface area contributed by atoms with Crippen LogP contribution in [0.25, 0.3) is 0 Å². The van der Waals surface area contributed by atoms with Gasteiger partial charge in [-0.1, -0.05) is 48.5 Å². The first-order valence-corrected chi connectivity index (χ1v) is 11.5. The molecule has 0 saturated carbocycles. The molecule has 0 aliphatic carbocycles. The summed E-state index contributed by atoms with van der Waals surface area (Å²) in [5, 5.41) is 9.79. The average Bonchev–Trinajstić information content (AvgIpc) is 2.82. The van der Waals surface area contributed by atoms with Crippen LogP contribution in [0.3, 0.4) is 0 Å². The monoisotopic (exact) mass is 562 g/mol. The first-order chi connectivity index (χ1) is 15.7. The van der Waals surface area contributed by atoms with Crippen molar-refractivity contribution in [2.24, 2.45) is 4.99 Å². The van der Waals surface area contributed by atoms with Gasteiger partial charge in [0.25, 0.3) is 0 Å². The Bertz CT molecular complexity index is 914. The van der Waals surface area contributed by atoms with Crippen molar-refractivity contribution in [3.8, 4) is 0 Å². The molecule has 1 amide bonds. The van der Waals surface area contributed by atoms with Crippen LogP contribution in [0.2, 0.25) is 0 Å². The zero-order valence-corrected chi connectivity index (χ0v) is 21.6. The van der Waals surface area contributed by atoms with E-state index in [0.717, 1.165) is 57.5 Å². The summed E-state index contributed by atoms with van der Waals surface area (Å²) in [6.45, 7) is 7.95. The van der Waals surface area contributed by atoms with Gasteiger partial charge < -0.3 is 16.0 Å². The molecule has 4 rings (SSSR count). The molecule has 0 aromatic heterocycles. The molecule has 33 heavy (non-hydrogen) atoms. The number of rotatable bonds is 7. The Morgan fingerprint density at radius 2 is 1.70 bits per heavy atom. The molecular weight excluding hydrogens is 527 g/mol. The van der Waals surface area contributed by atoms with E-state index in [1.807, 2.05) is 18.2 Å². The van der Waals surface area contributed by atoms with Crippen molar-refractivity contribution in [3.63, 3.8) is 0 Å².